The maximum Gasteiger partial charge on any atom is 0.252 e. The van der Waals surface area contributed by atoms with Crippen molar-refractivity contribution in [2.24, 2.45) is 0 Å². The number of rotatable bonds is 8. The number of aromatic nitrogens is 1. The van der Waals surface area contributed by atoms with Gasteiger partial charge in [0.15, 0.2) is 0 Å². The summed E-state index contributed by atoms with van der Waals surface area (Å²) < 4.78 is 5.24. The summed E-state index contributed by atoms with van der Waals surface area (Å²) in [6.07, 6.45) is 1.88. The second kappa shape index (κ2) is 9.25. The summed E-state index contributed by atoms with van der Waals surface area (Å²) in [5.41, 5.74) is 2.86. The monoisotopic (exact) mass is 366 g/mol. The van der Waals surface area contributed by atoms with Crippen molar-refractivity contribution >= 4 is 17.7 Å². The van der Waals surface area contributed by atoms with E-state index in [0.29, 0.717) is 17.9 Å². The molecule has 3 rings (SSSR count). The lowest BCUT2D eigenvalue weighted by Gasteiger charge is -2.09. The molecule has 0 fully saturated rings. The molecule has 0 aliphatic carbocycles. The molecule has 1 amide bonds. The molecule has 3 aromatic rings. The molecule has 4 nitrogen and oxygen atoms in total. The van der Waals surface area contributed by atoms with E-state index in [1.54, 1.807) is 11.8 Å². The molecule has 0 atom stereocenters. The summed E-state index contributed by atoms with van der Waals surface area (Å²) in [6, 6.07) is 19.9. The largest absolute Gasteiger partial charge is 0.360 e. The van der Waals surface area contributed by atoms with Gasteiger partial charge in [-0.3, -0.25) is 4.79 Å². The first kappa shape index (κ1) is 18.3. The minimum absolute atomic E-state index is 0.0325. The molecule has 1 N–H and O–H groups in total. The number of aryl methyl sites for hydroxylation is 2. The van der Waals surface area contributed by atoms with Crippen molar-refractivity contribution in [3.63, 3.8) is 0 Å². The predicted octanol–water partition coefficient (Wildman–Crippen LogP) is 4.64. The summed E-state index contributed by atoms with van der Waals surface area (Å²) in [7, 11) is 0. The Morgan fingerprint density at radius 2 is 1.88 bits per heavy atom. The number of nitrogens with zero attached hydrogens (tertiary/aromatic N) is 1. The van der Waals surface area contributed by atoms with Gasteiger partial charge < -0.3 is 9.84 Å². The number of benzene rings is 2. The molecule has 0 aliphatic heterocycles. The number of hydrogen-bond acceptors (Lipinski definition) is 4. The van der Waals surface area contributed by atoms with Crippen LogP contribution in [0.4, 0.5) is 0 Å². The van der Waals surface area contributed by atoms with E-state index in [2.05, 4.69) is 22.6 Å². The molecule has 0 radical (unpaired) electrons. The van der Waals surface area contributed by atoms with Crippen molar-refractivity contribution in [1.29, 1.82) is 0 Å². The summed E-state index contributed by atoms with van der Waals surface area (Å²) in [6.45, 7) is 2.56. The average Bonchev–Trinajstić information content (AvgIpc) is 3.10. The Morgan fingerprint density at radius 1 is 1.12 bits per heavy atom. The molecule has 1 aromatic heterocycles. The van der Waals surface area contributed by atoms with Crippen molar-refractivity contribution in [3.05, 3.63) is 83.2 Å². The van der Waals surface area contributed by atoms with Crippen molar-refractivity contribution in [2.45, 2.75) is 30.4 Å². The van der Waals surface area contributed by atoms with Crippen molar-refractivity contribution in [3.8, 4) is 0 Å². The van der Waals surface area contributed by atoms with Crippen LogP contribution in [0.25, 0.3) is 0 Å². The van der Waals surface area contributed by atoms with Gasteiger partial charge in [-0.2, -0.15) is 0 Å². The first-order chi connectivity index (χ1) is 12.7. The number of nitrogens with one attached hydrogen (secondary N) is 1. The van der Waals surface area contributed by atoms with Crippen molar-refractivity contribution in [2.75, 3.05) is 6.54 Å². The van der Waals surface area contributed by atoms with Gasteiger partial charge in [0.05, 0.1) is 17.0 Å². The molecule has 5 heteroatoms. The first-order valence-corrected chi connectivity index (χ1v) is 9.67. The van der Waals surface area contributed by atoms with Crippen LogP contribution in [0.2, 0.25) is 0 Å². The van der Waals surface area contributed by atoms with Gasteiger partial charge in [0.25, 0.3) is 5.91 Å². The van der Waals surface area contributed by atoms with Crippen molar-refractivity contribution in [1.82, 2.24) is 10.5 Å². The van der Waals surface area contributed by atoms with Crippen LogP contribution in [0, 0.1) is 6.92 Å². The van der Waals surface area contributed by atoms with Crippen LogP contribution in [0.3, 0.4) is 0 Å². The molecular formula is C21H22N2O2S. The Bertz CT molecular complexity index is 846. The zero-order valence-corrected chi connectivity index (χ0v) is 15.6. The van der Waals surface area contributed by atoms with Gasteiger partial charge in [-0.25, -0.2) is 0 Å². The van der Waals surface area contributed by atoms with E-state index in [1.165, 1.54) is 5.56 Å². The van der Waals surface area contributed by atoms with E-state index < -0.39 is 0 Å². The minimum atomic E-state index is -0.0325. The van der Waals surface area contributed by atoms with Gasteiger partial charge in [0.2, 0.25) is 0 Å². The topological polar surface area (TPSA) is 55.1 Å². The average molecular weight is 366 g/mol. The van der Waals surface area contributed by atoms with Crippen LogP contribution >= 0.6 is 11.8 Å². The second-order valence-corrected chi connectivity index (χ2v) is 7.08. The lowest BCUT2D eigenvalue weighted by molar-refractivity contribution is 0.0950. The molecule has 0 bridgehead atoms. The van der Waals surface area contributed by atoms with E-state index in [4.69, 9.17) is 4.52 Å². The molecule has 26 heavy (non-hydrogen) atoms. The predicted molar refractivity (Wildman–Crippen MR) is 104 cm³/mol. The highest BCUT2D eigenvalue weighted by Crippen LogP contribution is 2.26. The highest BCUT2D eigenvalue weighted by molar-refractivity contribution is 7.98. The molecule has 0 saturated heterocycles. The maximum absolute atomic E-state index is 12.5. The Balaban J connectivity index is 1.52. The Labute approximate surface area is 158 Å². The first-order valence-electron chi connectivity index (χ1n) is 8.68. The van der Waals surface area contributed by atoms with E-state index >= 15 is 0 Å². The Hall–Kier alpha value is -2.53. The molecule has 0 unspecified atom stereocenters. The van der Waals surface area contributed by atoms with Gasteiger partial charge in [0, 0.05) is 17.5 Å². The number of amides is 1. The summed E-state index contributed by atoms with van der Waals surface area (Å²) in [5.74, 6) is 1.43. The van der Waals surface area contributed by atoms with Gasteiger partial charge in [0.1, 0.15) is 5.76 Å². The van der Waals surface area contributed by atoms with E-state index in [-0.39, 0.29) is 5.91 Å². The highest BCUT2D eigenvalue weighted by Gasteiger charge is 2.12. The summed E-state index contributed by atoms with van der Waals surface area (Å²) in [5, 5.41) is 6.92. The number of hydrogen-bond donors (Lipinski definition) is 1. The fraction of sp³-hybridized carbons (Fsp3) is 0.238. The standard InChI is InChI=1S/C21H22N2O2S/c1-16-14-18(25-23-16)15-26-20-12-6-5-11-19(20)21(24)22-13-7-10-17-8-3-2-4-9-17/h2-6,8-9,11-12,14H,7,10,13,15H2,1H3,(H,22,24). The van der Waals surface area contributed by atoms with E-state index in [1.807, 2.05) is 55.5 Å². The van der Waals surface area contributed by atoms with Gasteiger partial charge >= 0.3 is 0 Å². The van der Waals surface area contributed by atoms with Crippen LogP contribution in [0.1, 0.15) is 33.8 Å². The van der Waals surface area contributed by atoms with Crippen molar-refractivity contribution < 1.29 is 9.32 Å². The third-order valence-corrected chi connectivity index (χ3v) is 5.04. The molecule has 2 aromatic carbocycles. The normalized spacial score (nSPS) is 10.7. The molecule has 1 heterocycles. The fourth-order valence-electron chi connectivity index (χ4n) is 2.65. The lowest BCUT2D eigenvalue weighted by Crippen LogP contribution is -2.25. The SMILES string of the molecule is Cc1cc(CSc2ccccc2C(=O)NCCCc2ccccc2)on1. The molecular weight excluding hydrogens is 344 g/mol. The Morgan fingerprint density at radius 3 is 2.65 bits per heavy atom. The van der Waals surface area contributed by atoms with Gasteiger partial charge in [-0.15, -0.1) is 11.8 Å². The highest BCUT2D eigenvalue weighted by atomic mass is 32.2. The quantitative estimate of drug-likeness (QED) is 0.466. The third kappa shape index (κ3) is 5.23. The van der Waals surface area contributed by atoms with Gasteiger partial charge in [-0.1, -0.05) is 47.6 Å². The smallest absolute Gasteiger partial charge is 0.252 e. The molecule has 0 spiro atoms. The maximum atomic E-state index is 12.5. The molecule has 134 valence electrons. The van der Waals surface area contributed by atoms with Crippen LogP contribution < -0.4 is 5.32 Å². The van der Waals surface area contributed by atoms with Gasteiger partial charge in [-0.05, 0) is 37.5 Å². The van der Waals surface area contributed by atoms with Crippen LogP contribution in [0.15, 0.2) is 70.1 Å². The Kier molecular flexibility index (Phi) is 6.50. The summed E-state index contributed by atoms with van der Waals surface area (Å²) >= 11 is 1.58. The van der Waals surface area contributed by atoms with Crippen LogP contribution in [0.5, 0.6) is 0 Å². The minimum Gasteiger partial charge on any atom is -0.360 e. The molecule has 0 aliphatic rings. The number of carbonyl (C=O) groups excluding carboxylic acids is 1. The van der Waals surface area contributed by atoms with E-state index in [9.17, 15) is 4.79 Å². The summed E-state index contributed by atoms with van der Waals surface area (Å²) in [4.78, 5) is 13.5. The number of thioether (sulfide) groups is 1. The van der Waals surface area contributed by atoms with E-state index in [0.717, 1.165) is 29.2 Å². The number of carbonyl (C=O) groups is 1. The third-order valence-electron chi connectivity index (χ3n) is 3.95. The molecule has 0 saturated carbocycles. The van der Waals surface area contributed by atoms with Crippen LogP contribution in [-0.4, -0.2) is 17.6 Å². The second-order valence-electron chi connectivity index (χ2n) is 6.06. The van der Waals surface area contributed by atoms with Crippen LogP contribution in [-0.2, 0) is 12.2 Å². The lowest BCUT2D eigenvalue weighted by atomic mass is 10.1. The fourth-order valence-corrected chi connectivity index (χ4v) is 3.57. The zero-order chi connectivity index (χ0) is 18.2. The zero-order valence-electron chi connectivity index (χ0n) is 14.8.